The van der Waals surface area contributed by atoms with Gasteiger partial charge in [0.25, 0.3) is 0 Å². The fraction of sp³-hybridized carbons (Fsp3) is 0.308. The van der Waals surface area contributed by atoms with Gasteiger partial charge in [-0.05, 0) is 26.0 Å². The predicted octanol–water partition coefficient (Wildman–Crippen LogP) is 3.10. The number of aromatic nitrogens is 2. The molecule has 5 heteroatoms. The highest BCUT2D eigenvalue weighted by Gasteiger charge is 2.06. The number of anilines is 1. The van der Waals surface area contributed by atoms with Crippen LogP contribution in [0.5, 0.6) is 0 Å². The molecule has 0 unspecified atom stereocenters. The van der Waals surface area contributed by atoms with E-state index in [9.17, 15) is 8.78 Å². The number of benzene rings is 1. The minimum atomic E-state index is -0.587. The molecule has 1 aromatic carbocycles. The Kier molecular flexibility index (Phi) is 3.60. The molecule has 0 aliphatic heterocycles. The summed E-state index contributed by atoms with van der Waals surface area (Å²) < 4.78 is 28.0. The van der Waals surface area contributed by atoms with Crippen molar-refractivity contribution in [3.05, 3.63) is 47.3 Å². The molecule has 0 aliphatic carbocycles. The second-order valence-electron chi connectivity index (χ2n) is 4.07. The molecule has 2 aromatic rings. The molecule has 1 N–H and O–H groups in total. The van der Waals surface area contributed by atoms with Crippen LogP contribution in [0.1, 0.15) is 18.2 Å². The lowest BCUT2D eigenvalue weighted by Crippen LogP contribution is -2.02. The lowest BCUT2D eigenvalue weighted by molar-refractivity contribution is 0.585. The second kappa shape index (κ2) is 5.16. The van der Waals surface area contributed by atoms with E-state index in [1.165, 1.54) is 12.1 Å². The molecule has 0 fully saturated rings. The minimum absolute atomic E-state index is 0.292. The molecule has 0 saturated heterocycles. The average molecular weight is 251 g/mol. The van der Waals surface area contributed by atoms with Gasteiger partial charge >= 0.3 is 0 Å². The van der Waals surface area contributed by atoms with E-state index in [0.717, 1.165) is 23.9 Å². The van der Waals surface area contributed by atoms with E-state index in [1.54, 1.807) is 0 Å². The van der Waals surface area contributed by atoms with E-state index in [-0.39, 0.29) is 0 Å². The van der Waals surface area contributed by atoms with Crippen LogP contribution >= 0.6 is 0 Å². The number of rotatable bonds is 4. The summed E-state index contributed by atoms with van der Waals surface area (Å²) in [6.07, 6.45) is 1.92. The standard InChI is InChI=1S/C13H15F2N3/c1-3-18-8-10(9(2)17-18)7-16-13-5-4-11(14)6-12(13)15/h4-6,8,16H,3,7H2,1-2H3. The summed E-state index contributed by atoms with van der Waals surface area (Å²) in [7, 11) is 0. The van der Waals surface area contributed by atoms with Gasteiger partial charge in [-0.2, -0.15) is 5.10 Å². The molecular formula is C13H15F2N3. The Morgan fingerprint density at radius 2 is 2.11 bits per heavy atom. The third-order valence-electron chi connectivity index (χ3n) is 2.77. The van der Waals surface area contributed by atoms with Crippen LogP contribution in [0.25, 0.3) is 0 Å². The van der Waals surface area contributed by atoms with Crippen molar-refractivity contribution in [3.63, 3.8) is 0 Å². The highest BCUT2D eigenvalue weighted by atomic mass is 19.1. The van der Waals surface area contributed by atoms with Crippen LogP contribution in [0.2, 0.25) is 0 Å². The zero-order chi connectivity index (χ0) is 13.1. The van der Waals surface area contributed by atoms with Gasteiger partial charge in [0.1, 0.15) is 11.6 Å². The maximum atomic E-state index is 13.4. The largest absolute Gasteiger partial charge is 0.378 e. The molecule has 1 heterocycles. The molecular weight excluding hydrogens is 236 g/mol. The maximum absolute atomic E-state index is 13.4. The third-order valence-corrected chi connectivity index (χ3v) is 2.77. The summed E-state index contributed by atoms with van der Waals surface area (Å²) in [6, 6.07) is 3.49. The Labute approximate surface area is 104 Å². The average Bonchev–Trinajstić information content (AvgIpc) is 2.69. The number of aryl methyl sites for hydroxylation is 2. The second-order valence-corrected chi connectivity index (χ2v) is 4.07. The Morgan fingerprint density at radius 1 is 1.33 bits per heavy atom. The van der Waals surface area contributed by atoms with Gasteiger partial charge in [0.15, 0.2) is 0 Å². The van der Waals surface area contributed by atoms with Crippen LogP contribution in [0.4, 0.5) is 14.5 Å². The molecule has 0 saturated carbocycles. The highest BCUT2D eigenvalue weighted by Crippen LogP contribution is 2.16. The van der Waals surface area contributed by atoms with Crippen molar-refractivity contribution in [2.75, 3.05) is 5.32 Å². The van der Waals surface area contributed by atoms with Crippen LogP contribution in [0.3, 0.4) is 0 Å². The summed E-state index contributed by atoms with van der Waals surface area (Å²) in [4.78, 5) is 0. The number of hydrogen-bond acceptors (Lipinski definition) is 2. The molecule has 0 amide bonds. The number of halogens is 2. The van der Waals surface area contributed by atoms with E-state index >= 15 is 0 Å². The SMILES string of the molecule is CCn1cc(CNc2ccc(F)cc2F)c(C)n1. The van der Waals surface area contributed by atoms with Crippen molar-refractivity contribution in [3.8, 4) is 0 Å². The maximum Gasteiger partial charge on any atom is 0.149 e. The Hall–Kier alpha value is -1.91. The quantitative estimate of drug-likeness (QED) is 0.904. The molecule has 0 radical (unpaired) electrons. The molecule has 1 aromatic heterocycles. The molecule has 18 heavy (non-hydrogen) atoms. The zero-order valence-electron chi connectivity index (χ0n) is 10.4. The Bertz CT molecular complexity index is 549. The lowest BCUT2D eigenvalue weighted by Gasteiger charge is -2.06. The summed E-state index contributed by atoms with van der Waals surface area (Å²) in [6.45, 7) is 5.17. The van der Waals surface area contributed by atoms with Gasteiger partial charge in [-0.15, -0.1) is 0 Å². The minimum Gasteiger partial charge on any atom is -0.378 e. The number of nitrogens with one attached hydrogen (secondary N) is 1. The van der Waals surface area contributed by atoms with Crippen molar-refractivity contribution in [1.29, 1.82) is 0 Å². The molecule has 0 aliphatic rings. The smallest absolute Gasteiger partial charge is 0.149 e. The van der Waals surface area contributed by atoms with Gasteiger partial charge in [0, 0.05) is 30.9 Å². The predicted molar refractivity (Wildman–Crippen MR) is 66.3 cm³/mol. The first-order valence-electron chi connectivity index (χ1n) is 5.82. The van der Waals surface area contributed by atoms with Crippen LogP contribution in [0.15, 0.2) is 24.4 Å². The van der Waals surface area contributed by atoms with Crippen molar-refractivity contribution >= 4 is 5.69 Å². The topological polar surface area (TPSA) is 29.9 Å². The third kappa shape index (κ3) is 2.67. The van der Waals surface area contributed by atoms with Crippen LogP contribution < -0.4 is 5.32 Å². The summed E-state index contributed by atoms with van der Waals surface area (Å²) in [5, 5.41) is 7.24. The molecule has 96 valence electrons. The Balaban J connectivity index is 2.08. The van der Waals surface area contributed by atoms with Crippen molar-refractivity contribution in [2.45, 2.75) is 26.9 Å². The highest BCUT2D eigenvalue weighted by molar-refractivity contribution is 5.45. The lowest BCUT2D eigenvalue weighted by atomic mass is 10.2. The van der Waals surface area contributed by atoms with Crippen LogP contribution in [-0.2, 0) is 13.1 Å². The van der Waals surface area contributed by atoms with Crippen LogP contribution in [-0.4, -0.2) is 9.78 Å². The monoisotopic (exact) mass is 251 g/mol. The van der Waals surface area contributed by atoms with E-state index < -0.39 is 11.6 Å². The van der Waals surface area contributed by atoms with Gasteiger partial charge in [-0.25, -0.2) is 8.78 Å². The molecule has 2 rings (SSSR count). The summed E-state index contributed by atoms with van der Waals surface area (Å²) in [5.41, 5.74) is 2.20. The number of nitrogens with zero attached hydrogens (tertiary/aromatic N) is 2. The first kappa shape index (κ1) is 12.5. The fourth-order valence-corrected chi connectivity index (χ4v) is 1.72. The van der Waals surface area contributed by atoms with Crippen molar-refractivity contribution in [1.82, 2.24) is 9.78 Å². The Morgan fingerprint density at radius 3 is 2.72 bits per heavy atom. The zero-order valence-corrected chi connectivity index (χ0v) is 10.4. The fourth-order valence-electron chi connectivity index (χ4n) is 1.72. The van der Waals surface area contributed by atoms with Crippen LogP contribution in [0, 0.1) is 18.6 Å². The first-order chi connectivity index (χ1) is 8.60. The molecule has 0 bridgehead atoms. The number of hydrogen-bond donors (Lipinski definition) is 1. The van der Waals surface area contributed by atoms with Gasteiger partial charge in [-0.3, -0.25) is 4.68 Å². The van der Waals surface area contributed by atoms with E-state index in [1.807, 2.05) is 24.7 Å². The van der Waals surface area contributed by atoms with E-state index in [2.05, 4.69) is 10.4 Å². The normalized spacial score (nSPS) is 10.7. The molecule has 3 nitrogen and oxygen atoms in total. The molecule has 0 atom stereocenters. The van der Waals surface area contributed by atoms with E-state index in [4.69, 9.17) is 0 Å². The van der Waals surface area contributed by atoms with Crippen molar-refractivity contribution < 1.29 is 8.78 Å². The van der Waals surface area contributed by atoms with Gasteiger partial charge in [0.2, 0.25) is 0 Å². The van der Waals surface area contributed by atoms with Gasteiger partial charge in [0.05, 0.1) is 11.4 Å². The first-order valence-corrected chi connectivity index (χ1v) is 5.82. The molecule has 0 spiro atoms. The summed E-state index contributed by atoms with van der Waals surface area (Å²) in [5.74, 6) is -1.16. The van der Waals surface area contributed by atoms with Gasteiger partial charge in [-0.1, -0.05) is 0 Å². The van der Waals surface area contributed by atoms with E-state index in [0.29, 0.717) is 12.2 Å². The summed E-state index contributed by atoms with van der Waals surface area (Å²) >= 11 is 0. The van der Waals surface area contributed by atoms with Crippen molar-refractivity contribution in [2.24, 2.45) is 0 Å². The van der Waals surface area contributed by atoms with Gasteiger partial charge < -0.3 is 5.32 Å².